The Balaban J connectivity index is 1.41. The number of fused-ring (bicyclic) bond motifs is 3. The van der Waals surface area contributed by atoms with Gasteiger partial charge in [0.1, 0.15) is 0 Å². The Hall–Kier alpha value is -3.06. The van der Waals surface area contributed by atoms with Gasteiger partial charge in [0.15, 0.2) is 0 Å². The molecule has 1 amide bonds. The van der Waals surface area contributed by atoms with Crippen LogP contribution in [0.2, 0.25) is 0 Å². The Labute approximate surface area is 189 Å². The van der Waals surface area contributed by atoms with Gasteiger partial charge in [0.05, 0.1) is 23.1 Å². The van der Waals surface area contributed by atoms with Crippen molar-refractivity contribution in [2.24, 2.45) is 0 Å². The van der Waals surface area contributed by atoms with E-state index >= 15 is 0 Å². The molecular formula is C25H30N6O. The van der Waals surface area contributed by atoms with Crippen LogP contribution in [0.25, 0.3) is 17.2 Å². The summed E-state index contributed by atoms with van der Waals surface area (Å²) in [5, 5.41) is 4.50. The van der Waals surface area contributed by atoms with E-state index in [9.17, 15) is 4.79 Å². The molecule has 2 aliphatic rings. The van der Waals surface area contributed by atoms with E-state index in [2.05, 4.69) is 47.0 Å². The second-order valence-electron chi connectivity index (χ2n) is 8.67. The minimum Gasteiger partial charge on any atom is -0.337 e. The average molecular weight is 431 g/mol. The zero-order chi connectivity index (χ0) is 22.2. The van der Waals surface area contributed by atoms with Crippen LogP contribution >= 0.6 is 0 Å². The van der Waals surface area contributed by atoms with Gasteiger partial charge in [-0.3, -0.25) is 9.69 Å². The molecular weight excluding hydrogens is 400 g/mol. The lowest BCUT2D eigenvalue weighted by atomic mass is 9.90. The highest BCUT2D eigenvalue weighted by atomic mass is 16.2. The maximum absolute atomic E-state index is 13.3. The Bertz CT molecular complexity index is 1150. The summed E-state index contributed by atoms with van der Waals surface area (Å²) in [5.41, 5.74) is 6.03. The van der Waals surface area contributed by atoms with Crippen molar-refractivity contribution >= 4 is 5.91 Å². The third-order valence-corrected chi connectivity index (χ3v) is 7.00. The lowest BCUT2D eigenvalue weighted by Gasteiger charge is -2.26. The summed E-state index contributed by atoms with van der Waals surface area (Å²) in [5.74, 6) is 0.561. The number of amides is 1. The molecule has 3 aromatic rings. The van der Waals surface area contributed by atoms with E-state index in [1.165, 1.54) is 5.56 Å². The van der Waals surface area contributed by atoms with Crippen LogP contribution in [-0.4, -0.2) is 67.7 Å². The number of aromatic nitrogens is 4. The van der Waals surface area contributed by atoms with E-state index in [-0.39, 0.29) is 5.91 Å². The molecule has 1 aliphatic heterocycles. The molecule has 7 nitrogen and oxygen atoms in total. The third kappa shape index (κ3) is 3.50. The number of benzene rings is 1. The monoisotopic (exact) mass is 430 g/mol. The minimum absolute atomic E-state index is 0.0479. The first-order valence-electron chi connectivity index (χ1n) is 11.6. The van der Waals surface area contributed by atoms with Gasteiger partial charge in [0.2, 0.25) is 0 Å². The number of rotatable bonds is 5. The van der Waals surface area contributed by atoms with Gasteiger partial charge < -0.3 is 4.90 Å². The summed E-state index contributed by atoms with van der Waals surface area (Å²) in [6.07, 6.45) is 6.55. The molecule has 2 aromatic heterocycles. The van der Waals surface area contributed by atoms with Gasteiger partial charge in [-0.1, -0.05) is 38.1 Å². The highest BCUT2D eigenvalue weighted by Crippen LogP contribution is 2.32. The lowest BCUT2D eigenvalue weighted by Crippen LogP contribution is -2.38. The molecule has 0 radical (unpaired) electrons. The standard InChI is InChI=1S/C25H30N6O/c1-4-29(5-2)20-12-13-30(16-20)24(32)22-15-27-31(17(22)3)25-26-14-19-11-10-18-8-6-7-9-21(18)23(19)28-25/h6-9,14-15,20H,4-5,10-13,16H2,1-3H3. The van der Waals surface area contributed by atoms with Crippen LogP contribution in [0, 0.1) is 6.92 Å². The van der Waals surface area contributed by atoms with Crippen molar-refractivity contribution in [1.29, 1.82) is 0 Å². The Morgan fingerprint density at radius 3 is 2.72 bits per heavy atom. The number of aryl methyl sites for hydroxylation is 2. The zero-order valence-corrected chi connectivity index (χ0v) is 19.1. The van der Waals surface area contributed by atoms with E-state index in [1.54, 1.807) is 10.9 Å². The lowest BCUT2D eigenvalue weighted by molar-refractivity contribution is 0.0777. The van der Waals surface area contributed by atoms with Crippen molar-refractivity contribution in [3.8, 4) is 17.2 Å². The summed E-state index contributed by atoms with van der Waals surface area (Å²) in [6.45, 7) is 9.87. The summed E-state index contributed by atoms with van der Waals surface area (Å²) < 4.78 is 1.70. The quantitative estimate of drug-likeness (QED) is 0.621. The number of likely N-dealkylation sites (N-methyl/N-ethyl adjacent to an activating group) is 1. The number of carbonyl (C=O) groups is 1. The first-order valence-corrected chi connectivity index (χ1v) is 11.6. The predicted molar refractivity (Wildman–Crippen MR) is 124 cm³/mol. The van der Waals surface area contributed by atoms with Crippen molar-refractivity contribution in [3.05, 3.63) is 59.0 Å². The Morgan fingerprint density at radius 2 is 1.91 bits per heavy atom. The molecule has 0 saturated carbocycles. The fraction of sp³-hybridized carbons (Fsp3) is 0.440. The van der Waals surface area contributed by atoms with Gasteiger partial charge in [-0.15, -0.1) is 0 Å². The molecule has 1 unspecified atom stereocenters. The highest BCUT2D eigenvalue weighted by molar-refractivity contribution is 5.95. The largest absolute Gasteiger partial charge is 0.337 e. The van der Waals surface area contributed by atoms with E-state index < -0.39 is 0 Å². The van der Waals surface area contributed by atoms with Gasteiger partial charge in [0.25, 0.3) is 11.9 Å². The maximum Gasteiger partial charge on any atom is 0.257 e. The van der Waals surface area contributed by atoms with Crippen LogP contribution < -0.4 is 0 Å². The van der Waals surface area contributed by atoms with Gasteiger partial charge in [-0.25, -0.2) is 14.6 Å². The van der Waals surface area contributed by atoms with Gasteiger partial charge >= 0.3 is 0 Å². The van der Waals surface area contributed by atoms with Crippen LogP contribution in [0.15, 0.2) is 36.7 Å². The summed E-state index contributed by atoms with van der Waals surface area (Å²) in [6, 6.07) is 8.85. The van der Waals surface area contributed by atoms with Crippen LogP contribution in [-0.2, 0) is 12.8 Å². The van der Waals surface area contributed by atoms with E-state index in [0.29, 0.717) is 17.6 Å². The number of carbonyl (C=O) groups excluding carboxylic acids is 1. The second kappa shape index (κ2) is 8.47. The van der Waals surface area contributed by atoms with Gasteiger partial charge in [-0.2, -0.15) is 5.10 Å². The summed E-state index contributed by atoms with van der Waals surface area (Å²) in [4.78, 5) is 27.1. The Morgan fingerprint density at radius 1 is 1.12 bits per heavy atom. The molecule has 1 aromatic carbocycles. The number of nitrogens with zero attached hydrogens (tertiary/aromatic N) is 6. The number of likely N-dealkylation sites (tertiary alicyclic amines) is 1. The minimum atomic E-state index is 0.0479. The molecule has 3 heterocycles. The van der Waals surface area contributed by atoms with Crippen LogP contribution in [0.5, 0.6) is 0 Å². The zero-order valence-electron chi connectivity index (χ0n) is 19.1. The molecule has 0 spiro atoms. The van der Waals surface area contributed by atoms with E-state index in [0.717, 1.165) is 68.0 Å². The third-order valence-electron chi connectivity index (χ3n) is 7.00. The van der Waals surface area contributed by atoms with Crippen LogP contribution in [0.4, 0.5) is 0 Å². The van der Waals surface area contributed by atoms with E-state index in [1.807, 2.05) is 24.1 Å². The van der Waals surface area contributed by atoms with Gasteiger partial charge in [0, 0.05) is 30.9 Å². The molecule has 7 heteroatoms. The first kappa shape index (κ1) is 20.8. The van der Waals surface area contributed by atoms with Crippen molar-refractivity contribution in [1.82, 2.24) is 29.5 Å². The fourth-order valence-electron chi connectivity index (χ4n) is 5.11. The predicted octanol–water partition coefficient (Wildman–Crippen LogP) is 3.29. The molecule has 32 heavy (non-hydrogen) atoms. The topological polar surface area (TPSA) is 67.2 Å². The van der Waals surface area contributed by atoms with Gasteiger partial charge in [-0.05, 0) is 50.4 Å². The molecule has 5 rings (SSSR count). The first-order chi connectivity index (χ1) is 15.6. The van der Waals surface area contributed by atoms with Crippen LogP contribution in [0.3, 0.4) is 0 Å². The molecule has 0 bridgehead atoms. The SMILES string of the molecule is CCN(CC)C1CCN(C(=O)c2cnn(-c3ncc4c(n3)-c3ccccc3CC4)c2C)C1. The fourth-order valence-corrected chi connectivity index (χ4v) is 5.11. The molecule has 1 fully saturated rings. The highest BCUT2D eigenvalue weighted by Gasteiger charge is 2.31. The van der Waals surface area contributed by atoms with Crippen molar-refractivity contribution < 1.29 is 4.79 Å². The molecule has 0 N–H and O–H groups in total. The smallest absolute Gasteiger partial charge is 0.257 e. The van der Waals surface area contributed by atoms with Crippen molar-refractivity contribution in [3.63, 3.8) is 0 Å². The second-order valence-corrected chi connectivity index (χ2v) is 8.67. The van der Waals surface area contributed by atoms with E-state index in [4.69, 9.17) is 4.98 Å². The Kier molecular flexibility index (Phi) is 5.51. The van der Waals surface area contributed by atoms with Crippen LogP contribution in [0.1, 0.15) is 47.4 Å². The average Bonchev–Trinajstić information content (AvgIpc) is 3.46. The van der Waals surface area contributed by atoms with Crippen molar-refractivity contribution in [2.45, 2.75) is 46.1 Å². The number of hydrogen-bond acceptors (Lipinski definition) is 5. The summed E-state index contributed by atoms with van der Waals surface area (Å²) >= 11 is 0. The normalized spacial score (nSPS) is 17.5. The van der Waals surface area contributed by atoms with Crippen molar-refractivity contribution in [2.75, 3.05) is 26.2 Å². The molecule has 1 saturated heterocycles. The summed E-state index contributed by atoms with van der Waals surface area (Å²) in [7, 11) is 0. The molecule has 1 aliphatic carbocycles. The molecule has 1 atom stereocenters. The number of hydrogen-bond donors (Lipinski definition) is 0. The molecule has 166 valence electrons. The maximum atomic E-state index is 13.3.